The zero-order valence-corrected chi connectivity index (χ0v) is 14.4. The number of amides is 1. The Morgan fingerprint density at radius 1 is 1.08 bits per heavy atom. The fraction of sp³-hybridized carbons (Fsp3) is 0.381. The van der Waals surface area contributed by atoms with Gasteiger partial charge in [-0.3, -0.25) is 4.79 Å². The molecule has 1 saturated heterocycles. The second-order valence-corrected chi connectivity index (χ2v) is 7.44. The maximum Gasteiger partial charge on any atom is 0.256 e. The van der Waals surface area contributed by atoms with E-state index in [-0.39, 0.29) is 17.5 Å². The second-order valence-electron chi connectivity index (χ2n) is 7.44. The van der Waals surface area contributed by atoms with E-state index in [9.17, 15) is 9.18 Å². The Kier molecular flexibility index (Phi) is 4.08. The Morgan fingerprint density at radius 2 is 1.80 bits per heavy atom. The van der Waals surface area contributed by atoms with E-state index in [2.05, 4.69) is 0 Å². The molecule has 1 heterocycles. The quantitative estimate of drug-likeness (QED) is 0.909. The van der Waals surface area contributed by atoms with E-state index in [0.717, 1.165) is 29.5 Å². The van der Waals surface area contributed by atoms with Crippen LogP contribution in [0.3, 0.4) is 0 Å². The van der Waals surface area contributed by atoms with Gasteiger partial charge in [-0.1, -0.05) is 35.9 Å². The highest BCUT2D eigenvalue weighted by Crippen LogP contribution is 2.37. The first-order chi connectivity index (χ1) is 12.0. The molecule has 25 heavy (non-hydrogen) atoms. The number of hydrogen-bond donors (Lipinski definition) is 1. The van der Waals surface area contributed by atoms with Crippen LogP contribution in [0.4, 0.5) is 4.39 Å². The molecule has 2 aromatic rings. The second kappa shape index (κ2) is 6.26. The third-order valence-electron chi connectivity index (χ3n) is 5.78. The normalized spacial score (nSPS) is 25.2. The predicted octanol–water partition coefficient (Wildman–Crippen LogP) is 3.61. The maximum absolute atomic E-state index is 14.6. The lowest BCUT2D eigenvalue weighted by Gasteiger charge is -2.19. The van der Waals surface area contributed by atoms with Crippen molar-refractivity contribution >= 4 is 5.91 Å². The van der Waals surface area contributed by atoms with Crippen molar-refractivity contribution in [3.63, 3.8) is 0 Å². The molecule has 4 heteroatoms. The molecule has 3 atom stereocenters. The van der Waals surface area contributed by atoms with Crippen molar-refractivity contribution in [3.05, 3.63) is 59.4 Å². The maximum atomic E-state index is 14.6. The van der Waals surface area contributed by atoms with E-state index >= 15 is 0 Å². The number of benzene rings is 2. The first kappa shape index (κ1) is 16.3. The van der Waals surface area contributed by atoms with Crippen molar-refractivity contribution in [2.75, 3.05) is 13.1 Å². The van der Waals surface area contributed by atoms with Gasteiger partial charge in [0.2, 0.25) is 0 Å². The smallest absolute Gasteiger partial charge is 0.256 e. The van der Waals surface area contributed by atoms with Crippen LogP contribution in [-0.4, -0.2) is 29.9 Å². The van der Waals surface area contributed by atoms with Gasteiger partial charge in [0.15, 0.2) is 0 Å². The van der Waals surface area contributed by atoms with E-state index in [1.165, 1.54) is 6.07 Å². The molecule has 2 aliphatic rings. The summed E-state index contributed by atoms with van der Waals surface area (Å²) < 4.78 is 14.6. The van der Waals surface area contributed by atoms with Gasteiger partial charge in [0.1, 0.15) is 5.82 Å². The number of halogens is 1. The van der Waals surface area contributed by atoms with Crippen LogP contribution in [0.5, 0.6) is 0 Å². The van der Waals surface area contributed by atoms with Crippen LogP contribution in [0.1, 0.15) is 28.8 Å². The number of aryl methyl sites for hydroxylation is 1. The van der Waals surface area contributed by atoms with Gasteiger partial charge < -0.3 is 10.6 Å². The molecule has 3 nitrogen and oxygen atoms in total. The average molecular weight is 338 g/mol. The molecule has 2 fully saturated rings. The number of carbonyl (C=O) groups is 1. The highest BCUT2D eigenvalue weighted by molar-refractivity contribution is 5.95. The first-order valence-corrected chi connectivity index (χ1v) is 8.94. The lowest BCUT2D eigenvalue weighted by Crippen LogP contribution is -2.33. The largest absolute Gasteiger partial charge is 0.338 e. The Hall–Kier alpha value is -2.20. The lowest BCUT2D eigenvalue weighted by atomic mass is 9.98. The number of fused-ring (bicyclic) bond motifs is 1. The van der Waals surface area contributed by atoms with E-state index in [4.69, 9.17) is 5.73 Å². The zero-order chi connectivity index (χ0) is 17.6. The molecule has 0 bridgehead atoms. The fourth-order valence-electron chi connectivity index (χ4n) is 4.26. The minimum Gasteiger partial charge on any atom is -0.338 e. The Bertz CT molecular complexity index is 802. The van der Waals surface area contributed by atoms with Gasteiger partial charge in [0, 0.05) is 19.1 Å². The summed E-state index contributed by atoms with van der Waals surface area (Å²) in [5.74, 6) is 0.187. The summed E-state index contributed by atoms with van der Waals surface area (Å²) in [5.41, 5.74) is 9.19. The third-order valence-corrected chi connectivity index (χ3v) is 5.78. The average Bonchev–Trinajstić information content (AvgIpc) is 3.17. The summed E-state index contributed by atoms with van der Waals surface area (Å²) in [5, 5.41) is 0. The number of likely N-dealkylation sites (tertiary alicyclic amines) is 1. The predicted molar refractivity (Wildman–Crippen MR) is 96.7 cm³/mol. The minimum absolute atomic E-state index is 0.157. The van der Waals surface area contributed by atoms with Crippen LogP contribution in [0, 0.1) is 24.6 Å². The van der Waals surface area contributed by atoms with Crippen LogP contribution in [0.25, 0.3) is 11.1 Å². The Balaban J connectivity index is 1.55. The van der Waals surface area contributed by atoms with Gasteiger partial charge >= 0.3 is 0 Å². The topological polar surface area (TPSA) is 46.3 Å². The molecule has 1 aliphatic heterocycles. The molecule has 0 radical (unpaired) electrons. The molecular formula is C21H23FN2O. The van der Waals surface area contributed by atoms with E-state index in [1.54, 1.807) is 11.0 Å². The molecule has 3 unspecified atom stereocenters. The van der Waals surface area contributed by atoms with Crippen molar-refractivity contribution < 1.29 is 9.18 Å². The van der Waals surface area contributed by atoms with Gasteiger partial charge in [-0.15, -0.1) is 0 Å². The van der Waals surface area contributed by atoms with Crippen molar-refractivity contribution in [3.8, 4) is 11.1 Å². The van der Waals surface area contributed by atoms with Crippen LogP contribution in [0.2, 0.25) is 0 Å². The van der Waals surface area contributed by atoms with Gasteiger partial charge in [-0.2, -0.15) is 0 Å². The van der Waals surface area contributed by atoms with Crippen molar-refractivity contribution in [2.24, 2.45) is 17.6 Å². The highest BCUT2D eigenvalue weighted by atomic mass is 19.1. The van der Waals surface area contributed by atoms with E-state index in [1.807, 2.05) is 37.3 Å². The number of nitrogens with zero attached hydrogens (tertiary/aromatic N) is 1. The molecule has 1 aliphatic carbocycles. The highest BCUT2D eigenvalue weighted by Gasteiger charge is 2.42. The molecular weight excluding hydrogens is 315 g/mol. The van der Waals surface area contributed by atoms with Crippen LogP contribution >= 0.6 is 0 Å². The summed E-state index contributed by atoms with van der Waals surface area (Å²) in [6.07, 6.45) is 2.11. The molecule has 4 rings (SSSR count). The lowest BCUT2D eigenvalue weighted by molar-refractivity contribution is 0.0775. The summed E-state index contributed by atoms with van der Waals surface area (Å²) in [6, 6.07) is 13.0. The zero-order valence-electron chi connectivity index (χ0n) is 14.4. The van der Waals surface area contributed by atoms with Crippen molar-refractivity contribution in [2.45, 2.75) is 25.8 Å². The molecule has 1 saturated carbocycles. The number of hydrogen-bond acceptors (Lipinski definition) is 2. The molecule has 130 valence electrons. The molecule has 2 N–H and O–H groups in total. The third kappa shape index (κ3) is 2.95. The molecule has 0 spiro atoms. The molecule has 2 aromatic carbocycles. The van der Waals surface area contributed by atoms with Crippen LogP contribution < -0.4 is 5.73 Å². The standard InChI is InChI=1S/C21H23FN2O/c1-13-2-4-14(5-3-13)15-6-8-17(19(22)10-15)21(25)24-11-16-7-9-20(23)18(16)12-24/h2-6,8,10,16,18,20H,7,9,11-12,23H2,1H3. The Morgan fingerprint density at radius 3 is 2.48 bits per heavy atom. The number of carbonyl (C=O) groups excluding carboxylic acids is 1. The van der Waals surface area contributed by atoms with Gasteiger partial charge in [0.05, 0.1) is 5.56 Å². The fourth-order valence-corrected chi connectivity index (χ4v) is 4.26. The minimum atomic E-state index is -0.454. The SMILES string of the molecule is Cc1ccc(-c2ccc(C(=O)N3CC4CCC(N)C4C3)c(F)c2)cc1. The molecule has 1 amide bonds. The Labute approximate surface area is 147 Å². The van der Waals surface area contributed by atoms with Crippen LogP contribution in [-0.2, 0) is 0 Å². The first-order valence-electron chi connectivity index (χ1n) is 8.94. The van der Waals surface area contributed by atoms with Crippen LogP contribution in [0.15, 0.2) is 42.5 Å². The number of rotatable bonds is 2. The van der Waals surface area contributed by atoms with Gasteiger partial charge in [0.25, 0.3) is 5.91 Å². The summed E-state index contributed by atoms with van der Waals surface area (Å²) in [4.78, 5) is 14.5. The summed E-state index contributed by atoms with van der Waals surface area (Å²) in [7, 11) is 0. The van der Waals surface area contributed by atoms with Gasteiger partial charge in [-0.05, 0) is 54.9 Å². The van der Waals surface area contributed by atoms with Crippen molar-refractivity contribution in [1.82, 2.24) is 4.90 Å². The summed E-state index contributed by atoms with van der Waals surface area (Å²) in [6.45, 7) is 3.38. The number of nitrogens with two attached hydrogens (primary N) is 1. The van der Waals surface area contributed by atoms with Gasteiger partial charge in [-0.25, -0.2) is 4.39 Å². The van der Waals surface area contributed by atoms with Crippen molar-refractivity contribution in [1.29, 1.82) is 0 Å². The monoisotopic (exact) mass is 338 g/mol. The van der Waals surface area contributed by atoms with E-state index in [0.29, 0.717) is 24.9 Å². The molecule has 0 aromatic heterocycles. The summed E-state index contributed by atoms with van der Waals surface area (Å²) >= 11 is 0. The van der Waals surface area contributed by atoms with E-state index < -0.39 is 5.82 Å².